The van der Waals surface area contributed by atoms with Crippen molar-refractivity contribution < 1.29 is 22.4 Å². The highest BCUT2D eigenvalue weighted by atomic mass is 79.9. The fraction of sp³-hybridized carbons (Fsp3) is 0.421. The number of carbonyl (C=O) groups excluding carboxylic acids is 1. The van der Waals surface area contributed by atoms with Crippen molar-refractivity contribution in [2.75, 3.05) is 18.1 Å². The molecule has 1 aromatic heterocycles. The molecule has 8 heteroatoms. The third-order valence-electron chi connectivity index (χ3n) is 4.44. The fourth-order valence-corrected chi connectivity index (χ4v) is 5.20. The normalized spacial score (nSPS) is 18.4. The van der Waals surface area contributed by atoms with E-state index in [-0.39, 0.29) is 30.0 Å². The minimum atomic E-state index is -3.13. The zero-order valence-electron chi connectivity index (χ0n) is 15.1. The lowest BCUT2D eigenvalue weighted by molar-refractivity contribution is 0.0661. The number of carbonyl (C=O) groups is 1. The number of para-hydroxylation sites is 1. The van der Waals surface area contributed by atoms with Crippen molar-refractivity contribution in [3.63, 3.8) is 0 Å². The van der Waals surface area contributed by atoms with Gasteiger partial charge in [-0.3, -0.25) is 4.79 Å². The van der Waals surface area contributed by atoms with Gasteiger partial charge in [0.2, 0.25) is 0 Å². The van der Waals surface area contributed by atoms with E-state index in [4.69, 9.17) is 9.15 Å². The second-order valence-corrected chi connectivity index (χ2v) is 9.55. The van der Waals surface area contributed by atoms with Gasteiger partial charge < -0.3 is 14.1 Å². The van der Waals surface area contributed by atoms with Gasteiger partial charge in [-0.15, -0.1) is 0 Å². The summed E-state index contributed by atoms with van der Waals surface area (Å²) in [5.41, 5.74) is 0.431. The molecule has 1 saturated heterocycles. The molecule has 0 spiro atoms. The maximum Gasteiger partial charge on any atom is 0.258 e. The van der Waals surface area contributed by atoms with E-state index >= 15 is 0 Å². The van der Waals surface area contributed by atoms with Crippen molar-refractivity contribution in [1.82, 2.24) is 4.90 Å². The number of hydrogen-bond acceptors (Lipinski definition) is 5. The smallest absolute Gasteiger partial charge is 0.258 e. The molecule has 1 amide bonds. The summed E-state index contributed by atoms with van der Waals surface area (Å²) in [7, 11) is -3.13. The van der Waals surface area contributed by atoms with Gasteiger partial charge in [-0.2, -0.15) is 0 Å². The van der Waals surface area contributed by atoms with Gasteiger partial charge in [0.1, 0.15) is 11.5 Å². The zero-order chi connectivity index (χ0) is 19.4. The van der Waals surface area contributed by atoms with E-state index in [1.54, 1.807) is 35.2 Å². The standard InChI is InChI=1S/C19H22BrNO5S/c1-2-10-25-17-6-4-3-5-16(17)19(22)21(12-15-7-8-18(20)26-15)14-9-11-27(23,24)13-14/h3-8,14H,2,9-13H2,1H3/t14-/m1/s1. The summed E-state index contributed by atoms with van der Waals surface area (Å²) in [6.07, 6.45) is 1.25. The lowest BCUT2D eigenvalue weighted by atomic mass is 10.1. The quantitative estimate of drug-likeness (QED) is 0.636. The summed E-state index contributed by atoms with van der Waals surface area (Å²) in [6.45, 7) is 2.70. The molecule has 0 aliphatic carbocycles. The number of ether oxygens (including phenoxy) is 1. The summed E-state index contributed by atoms with van der Waals surface area (Å²) in [5.74, 6) is 0.911. The molecule has 0 radical (unpaired) electrons. The van der Waals surface area contributed by atoms with Gasteiger partial charge in [-0.25, -0.2) is 8.42 Å². The molecule has 146 valence electrons. The first kappa shape index (κ1) is 19.9. The van der Waals surface area contributed by atoms with Crippen molar-refractivity contribution in [3.05, 3.63) is 52.4 Å². The number of sulfone groups is 1. The third kappa shape index (κ3) is 4.93. The predicted octanol–water partition coefficient (Wildman–Crippen LogP) is 3.66. The molecule has 0 unspecified atom stereocenters. The Kier molecular flexibility index (Phi) is 6.26. The van der Waals surface area contributed by atoms with Gasteiger partial charge in [-0.05, 0) is 53.0 Å². The molecule has 1 fully saturated rings. The summed E-state index contributed by atoms with van der Waals surface area (Å²) in [5, 5.41) is 0. The number of furan rings is 1. The molecule has 2 aromatic rings. The van der Waals surface area contributed by atoms with Crippen LogP contribution in [0.15, 0.2) is 45.5 Å². The SMILES string of the molecule is CCCOc1ccccc1C(=O)N(Cc1ccc(Br)o1)[C@@H]1CCS(=O)(=O)C1. The Hall–Kier alpha value is -1.80. The van der Waals surface area contributed by atoms with Crippen molar-refractivity contribution in [3.8, 4) is 5.75 Å². The maximum atomic E-state index is 13.3. The van der Waals surface area contributed by atoms with Crippen LogP contribution in [0.25, 0.3) is 0 Å². The van der Waals surface area contributed by atoms with Crippen molar-refractivity contribution in [1.29, 1.82) is 0 Å². The first-order chi connectivity index (χ1) is 12.9. The summed E-state index contributed by atoms with van der Waals surface area (Å²) in [6, 6.07) is 10.2. The van der Waals surface area contributed by atoms with E-state index in [0.717, 1.165) is 6.42 Å². The highest BCUT2D eigenvalue weighted by Gasteiger charge is 2.36. The van der Waals surface area contributed by atoms with Gasteiger partial charge in [0.25, 0.3) is 5.91 Å². The molecular formula is C19H22BrNO5S. The van der Waals surface area contributed by atoms with Crippen molar-refractivity contribution in [2.24, 2.45) is 0 Å². The van der Waals surface area contributed by atoms with Crippen molar-refractivity contribution >= 4 is 31.7 Å². The number of halogens is 1. The van der Waals surface area contributed by atoms with E-state index in [1.165, 1.54) is 0 Å². The van der Waals surface area contributed by atoms with Gasteiger partial charge >= 0.3 is 0 Å². The second-order valence-electron chi connectivity index (χ2n) is 6.54. The van der Waals surface area contributed by atoms with Gasteiger partial charge in [0.05, 0.1) is 30.2 Å². The molecule has 27 heavy (non-hydrogen) atoms. The Labute approximate surface area is 167 Å². The average molecular weight is 456 g/mol. The largest absolute Gasteiger partial charge is 0.493 e. The van der Waals surface area contributed by atoms with E-state index in [9.17, 15) is 13.2 Å². The lowest BCUT2D eigenvalue weighted by Gasteiger charge is -2.28. The first-order valence-electron chi connectivity index (χ1n) is 8.87. The van der Waals surface area contributed by atoms with Crippen LogP contribution in [0.5, 0.6) is 5.75 Å². The maximum absolute atomic E-state index is 13.3. The van der Waals surface area contributed by atoms with Crippen molar-refractivity contribution in [2.45, 2.75) is 32.4 Å². The summed E-state index contributed by atoms with van der Waals surface area (Å²) >= 11 is 3.26. The minimum absolute atomic E-state index is 0.0292. The number of amides is 1. The second kappa shape index (κ2) is 8.48. The molecule has 0 saturated carbocycles. The molecule has 0 N–H and O–H groups in total. The highest BCUT2D eigenvalue weighted by molar-refractivity contribution is 9.10. The van der Waals surface area contributed by atoms with Crippen LogP contribution in [0.2, 0.25) is 0 Å². The highest BCUT2D eigenvalue weighted by Crippen LogP contribution is 2.27. The van der Waals surface area contributed by atoms with E-state index in [0.29, 0.717) is 34.8 Å². The minimum Gasteiger partial charge on any atom is -0.493 e. The Morgan fingerprint density at radius 3 is 2.70 bits per heavy atom. The lowest BCUT2D eigenvalue weighted by Crippen LogP contribution is -2.40. The van der Waals surface area contributed by atoms with E-state index in [1.807, 2.05) is 13.0 Å². The average Bonchev–Trinajstić information content (AvgIpc) is 3.22. The monoisotopic (exact) mass is 455 g/mol. The van der Waals surface area contributed by atoms with Crippen LogP contribution in [0, 0.1) is 0 Å². The molecule has 1 atom stereocenters. The Bertz CT molecular complexity index is 908. The van der Waals surface area contributed by atoms with E-state index in [2.05, 4.69) is 15.9 Å². The number of hydrogen-bond donors (Lipinski definition) is 0. The number of nitrogens with zero attached hydrogens (tertiary/aromatic N) is 1. The first-order valence-corrected chi connectivity index (χ1v) is 11.5. The topological polar surface area (TPSA) is 76.8 Å². The number of benzene rings is 1. The Morgan fingerprint density at radius 2 is 2.07 bits per heavy atom. The molecule has 2 heterocycles. The van der Waals surface area contributed by atoms with Crippen LogP contribution >= 0.6 is 15.9 Å². The van der Waals surface area contributed by atoms with Crippen LogP contribution in [-0.2, 0) is 16.4 Å². The Morgan fingerprint density at radius 1 is 1.30 bits per heavy atom. The Balaban J connectivity index is 1.91. The molecule has 3 rings (SSSR count). The van der Waals surface area contributed by atoms with Crippen LogP contribution in [0.4, 0.5) is 0 Å². The zero-order valence-corrected chi connectivity index (χ0v) is 17.5. The molecule has 1 aliphatic heterocycles. The molecule has 1 aromatic carbocycles. The summed E-state index contributed by atoms with van der Waals surface area (Å²) < 4.78 is 35.8. The predicted molar refractivity (Wildman–Crippen MR) is 106 cm³/mol. The molecule has 1 aliphatic rings. The van der Waals surface area contributed by atoms with Gasteiger partial charge in [0, 0.05) is 6.04 Å². The van der Waals surface area contributed by atoms with Crippen LogP contribution < -0.4 is 4.74 Å². The molecular weight excluding hydrogens is 434 g/mol. The summed E-state index contributed by atoms with van der Waals surface area (Å²) in [4.78, 5) is 14.9. The van der Waals surface area contributed by atoms with Gasteiger partial charge in [-0.1, -0.05) is 19.1 Å². The third-order valence-corrected chi connectivity index (χ3v) is 6.62. The van der Waals surface area contributed by atoms with E-state index < -0.39 is 9.84 Å². The van der Waals surface area contributed by atoms with Crippen LogP contribution in [0.3, 0.4) is 0 Å². The fourth-order valence-electron chi connectivity index (χ4n) is 3.13. The van der Waals surface area contributed by atoms with Crippen LogP contribution in [0.1, 0.15) is 35.9 Å². The van der Waals surface area contributed by atoms with Gasteiger partial charge in [0.15, 0.2) is 14.5 Å². The molecule has 6 nitrogen and oxygen atoms in total. The van der Waals surface area contributed by atoms with Crippen LogP contribution in [-0.4, -0.2) is 43.4 Å². The number of rotatable bonds is 7. The molecule has 0 bridgehead atoms.